The fourth-order valence-corrected chi connectivity index (χ4v) is 2.58. The summed E-state index contributed by atoms with van der Waals surface area (Å²) in [4.78, 5) is 24.3. The zero-order valence-electron chi connectivity index (χ0n) is 16.4. The minimum absolute atomic E-state index is 0.0625. The number of carbonyl (C=O) groups excluding carboxylic acids is 2. The Morgan fingerprint density at radius 2 is 1.89 bits per heavy atom. The van der Waals surface area contributed by atoms with Crippen LogP contribution in [0.2, 0.25) is 0 Å². The number of ether oxygens (including phenoxy) is 4. The minimum Gasteiger partial charge on any atom is -0.497 e. The van der Waals surface area contributed by atoms with Gasteiger partial charge in [-0.2, -0.15) is 0 Å². The Balaban J connectivity index is 2.32. The van der Waals surface area contributed by atoms with Crippen LogP contribution < -0.4 is 4.74 Å². The molecule has 0 unspecified atom stereocenters. The average Bonchev–Trinajstić information content (AvgIpc) is 2.60. The second-order valence-corrected chi connectivity index (χ2v) is 7.08. The van der Waals surface area contributed by atoms with Crippen LogP contribution in [0.1, 0.15) is 45.6 Å². The maximum Gasteiger partial charge on any atom is 0.374 e. The molecule has 27 heavy (non-hydrogen) atoms. The molecule has 0 fully saturated rings. The molecule has 0 spiro atoms. The molecule has 1 aromatic carbocycles. The number of benzene rings is 1. The number of carbonyl (C=O) groups is 2. The van der Waals surface area contributed by atoms with Gasteiger partial charge < -0.3 is 18.9 Å². The minimum atomic E-state index is -0.653. The lowest BCUT2D eigenvalue weighted by molar-refractivity contribution is -0.154. The standard InChI is InChI=1S/C21H26O6/c1-6-25-19(22)13-17-11-15(14-7-9-16(24-5)10-8-14)12-18(26-17)20(23)27-21(2,3)4/h7-10,12-13,15H,6,11H2,1-5H3/b17-13+/t15-/m0/s1. The van der Waals surface area contributed by atoms with E-state index >= 15 is 0 Å². The predicted molar refractivity (Wildman–Crippen MR) is 100 cm³/mol. The van der Waals surface area contributed by atoms with Crippen LogP contribution in [0.3, 0.4) is 0 Å². The van der Waals surface area contributed by atoms with Crippen LogP contribution in [0.15, 0.2) is 47.9 Å². The van der Waals surface area contributed by atoms with Crippen LogP contribution >= 0.6 is 0 Å². The van der Waals surface area contributed by atoms with Gasteiger partial charge in [0.15, 0.2) is 0 Å². The third-order valence-electron chi connectivity index (χ3n) is 3.72. The number of esters is 2. The largest absolute Gasteiger partial charge is 0.497 e. The van der Waals surface area contributed by atoms with E-state index in [-0.39, 0.29) is 18.3 Å². The number of allylic oxidation sites excluding steroid dienone is 2. The van der Waals surface area contributed by atoms with Crippen molar-refractivity contribution < 1.29 is 28.5 Å². The molecule has 0 radical (unpaired) electrons. The molecule has 0 amide bonds. The van der Waals surface area contributed by atoms with Crippen LogP contribution in [-0.2, 0) is 23.8 Å². The molecule has 0 saturated heterocycles. The monoisotopic (exact) mass is 374 g/mol. The summed E-state index contributed by atoms with van der Waals surface area (Å²) < 4.78 is 21.2. The number of rotatable bonds is 5. The van der Waals surface area contributed by atoms with Gasteiger partial charge in [-0.05, 0) is 51.5 Å². The summed E-state index contributed by atoms with van der Waals surface area (Å²) in [6, 6.07) is 7.53. The third-order valence-corrected chi connectivity index (χ3v) is 3.72. The molecular formula is C21H26O6. The predicted octanol–water partition coefficient (Wildman–Crippen LogP) is 3.87. The lowest BCUT2D eigenvalue weighted by Gasteiger charge is -2.26. The highest BCUT2D eigenvalue weighted by molar-refractivity contribution is 5.88. The Kier molecular flexibility index (Phi) is 6.66. The normalized spacial score (nSPS) is 18.3. The van der Waals surface area contributed by atoms with Crippen molar-refractivity contribution >= 4 is 11.9 Å². The summed E-state index contributed by atoms with van der Waals surface area (Å²) in [6.45, 7) is 7.34. The Labute approximate surface area is 159 Å². The van der Waals surface area contributed by atoms with Crippen molar-refractivity contribution in [2.75, 3.05) is 13.7 Å². The topological polar surface area (TPSA) is 71.1 Å². The fourth-order valence-electron chi connectivity index (χ4n) is 2.58. The van der Waals surface area contributed by atoms with Gasteiger partial charge in [0.1, 0.15) is 17.1 Å². The van der Waals surface area contributed by atoms with Crippen LogP contribution in [0.5, 0.6) is 5.75 Å². The first kappa shape index (κ1) is 20.6. The van der Waals surface area contributed by atoms with Crippen molar-refractivity contribution in [3.63, 3.8) is 0 Å². The molecule has 1 aliphatic heterocycles. The smallest absolute Gasteiger partial charge is 0.374 e. The highest BCUT2D eigenvalue weighted by Crippen LogP contribution is 2.34. The van der Waals surface area contributed by atoms with Crippen molar-refractivity contribution in [1.82, 2.24) is 0 Å². The van der Waals surface area contributed by atoms with Gasteiger partial charge in [0.2, 0.25) is 5.76 Å². The van der Waals surface area contributed by atoms with Crippen molar-refractivity contribution in [3.05, 3.63) is 53.5 Å². The number of methoxy groups -OCH3 is 1. The van der Waals surface area contributed by atoms with E-state index in [1.54, 1.807) is 40.9 Å². The van der Waals surface area contributed by atoms with Crippen LogP contribution in [0, 0.1) is 0 Å². The quantitative estimate of drug-likeness (QED) is 0.575. The molecule has 2 rings (SSSR count). The van der Waals surface area contributed by atoms with Gasteiger partial charge in [0, 0.05) is 12.3 Å². The molecule has 0 N–H and O–H groups in total. The molecular weight excluding hydrogens is 348 g/mol. The van der Waals surface area contributed by atoms with E-state index in [1.165, 1.54) is 6.08 Å². The summed E-state index contributed by atoms with van der Waals surface area (Å²) >= 11 is 0. The van der Waals surface area contributed by atoms with Gasteiger partial charge in [-0.15, -0.1) is 0 Å². The van der Waals surface area contributed by atoms with Crippen LogP contribution in [0.4, 0.5) is 0 Å². The number of hydrogen-bond acceptors (Lipinski definition) is 6. The van der Waals surface area contributed by atoms with Gasteiger partial charge in [-0.3, -0.25) is 0 Å². The van der Waals surface area contributed by atoms with Crippen molar-refractivity contribution in [2.24, 2.45) is 0 Å². The van der Waals surface area contributed by atoms with E-state index in [2.05, 4.69) is 0 Å². The van der Waals surface area contributed by atoms with Crippen LogP contribution in [0.25, 0.3) is 0 Å². The summed E-state index contributed by atoms with van der Waals surface area (Å²) in [5, 5.41) is 0. The van der Waals surface area contributed by atoms with E-state index in [0.29, 0.717) is 12.2 Å². The van der Waals surface area contributed by atoms with Crippen molar-refractivity contribution in [1.29, 1.82) is 0 Å². The zero-order chi connectivity index (χ0) is 20.0. The second kappa shape index (κ2) is 8.75. The van der Waals surface area contributed by atoms with Gasteiger partial charge in [0.05, 0.1) is 19.8 Å². The molecule has 0 bridgehead atoms. The molecule has 146 valence electrons. The molecule has 1 atom stereocenters. The average molecular weight is 374 g/mol. The van der Waals surface area contributed by atoms with E-state index in [0.717, 1.165) is 11.3 Å². The van der Waals surface area contributed by atoms with E-state index in [4.69, 9.17) is 18.9 Å². The molecule has 0 saturated carbocycles. The third kappa shape index (κ3) is 6.16. The molecule has 1 heterocycles. The van der Waals surface area contributed by atoms with E-state index in [1.807, 2.05) is 24.3 Å². The molecule has 0 aliphatic carbocycles. The summed E-state index contributed by atoms with van der Waals surface area (Å²) in [6.07, 6.45) is 3.42. The zero-order valence-corrected chi connectivity index (χ0v) is 16.4. The summed E-state index contributed by atoms with van der Waals surface area (Å²) in [7, 11) is 1.60. The van der Waals surface area contributed by atoms with Gasteiger partial charge in [0.25, 0.3) is 0 Å². The molecule has 6 heteroatoms. The molecule has 6 nitrogen and oxygen atoms in total. The first-order chi connectivity index (χ1) is 12.7. The molecule has 1 aromatic rings. The lowest BCUT2D eigenvalue weighted by atomic mass is 9.92. The van der Waals surface area contributed by atoms with Gasteiger partial charge in [-0.1, -0.05) is 12.1 Å². The Morgan fingerprint density at radius 3 is 2.44 bits per heavy atom. The highest BCUT2D eigenvalue weighted by Gasteiger charge is 2.28. The number of hydrogen-bond donors (Lipinski definition) is 0. The first-order valence-electron chi connectivity index (χ1n) is 8.86. The van der Waals surface area contributed by atoms with Gasteiger partial charge in [-0.25, -0.2) is 9.59 Å². The SMILES string of the molecule is CCOC(=O)/C=C1\C[C@H](c2ccc(OC)cc2)C=C(C(=O)OC(C)(C)C)O1. The maximum absolute atomic E-state index is 12.5. The Hall–Kier alpha value is -2.76. The van der Waals surface area contributed by atoms with Crippen LogP contribution in [-0.4, -0.2) is 31.3 Å². The Bertz CT molecular complexity index is 737. The highest BCUT2D eigenvalue weighted by atomic mass is 16.6. The lowest BCUT2D eigenvalue weighted by Crippen LogP contribution is -2.27. The summed E-state index contributed by atoms with van der Waals surface area (Å²) in [5.74, 6) is -0.0654. The fraction of sp³-hybridized carbons (Fsp3) is 0.429. The second-order valence-electron chi connectivity index (χ2n) is 7.08. The van der Waals surface area contributed by atoms with E-state index in [9.17, 15) is 9.59 Å². The maximum atomic E-state index is 12.5. The van der Waals surface area contributed by atoms with Crippen molar-refractivity contribution in [3.8, 4) is 5.75 Å². The molecule has 1 aliphatic rings. The van der Waals surface area contributed by atoms with E-state index < -0.39 is 17.5 Å². The first-order valence-corrected chi connectivity index (χ1v) is 8.86. The Morgan fingerprint density at radius 1 is 1.22 bits per heavy atom. The van der Waals surface area contributed by atoms with Gasteiger partial charge >= 0.3 is 11.9 Å². The molecule has 0 aromatic heterocycles. The summed E-state index contributed by atoms with van der Waals surface area (Å²) in [5.41, 5.74) is 0.314. The van der Waals surface area contributed by atoms with Crippen molar-refractivity contribution in [2.45, 2.75) is 45.6 Å².